The van der Waals surface area contributed by atoms with Gasteiger partial charge in [-0.15, -0.1) is 0 Å². The van der Waals surface area contributed by atoms with Gasteiger partial charge >= 0.3 is 6.09 Å². The molecule has 1 aromatic heterocycles. The summed E-state index contributed by atoms with van der Waals surface area (Å²) < 4.78 is 12.8. The van der Waals surface area contributed by atoms with Gasteiger partial charge in [0.15, 0.2) is 0 Å². The van der Waals surface area contributed by atoms with E-state index in [1.54, 1.807) is 50.6 Å². The summed E-state index contributed by atoms with van der Waals surface area (Å²) in [5.74, 6) is -1.54. The van der Waals surface area contributed by atoms with Crippen molar-refractivity contribution in [2.24, 2.45) is 0 Å². The van der Waals surface area contributed by atoms with E-state index in [-0.39, 0.29) is 19.1 Å². The van der Waals surface area contributed by atoms with E-state index in [0.29, 0.717) is 18.7 Å². The van der Waals surface area contributed by atoms with Crippen LogP contribution in [0.4, 0.5) is 10.5 Å². The predicted octanol–water partition coefficient (Wildman–Crippen LogP) is 5.24. The zero-order valence-corrected chi connectivity index (χ0v) is 29.9. The maximum absolute atomic E-state index is 13.6. The lowest BCUT2D eigenvalue weighted by atomic mass is 9.92. The molecule has 0 aliphatic rings. The molecule has 1 heterocycles. The molecule has 0 bridgehead atoms. The Labute approximate surface area is 293 Å². The molecule has 12 heteroatoms. The Balaban J connectivity index is 1.44. The normalized spacial score (nSPS) is 12.9. The molecule has 1 unspecified atom stereocenters. The average Bonchev–Trinajstić information content (AvgIpc) is 3.50. The third kappa shape index (κ3) is 10.9. The summed E-state index contributed by atoms with van der Waals surface area (Å²) >= 11 is 0. The van der Waals surface area contributed by atoms with Gasteiger partial charge in [-0.3, -0.25) is 19.1 Å². The van der Waals surface area contributed by atoms with Gasteiger partial charge in [-0.05, 0) is 62.9 Å². The lowest BCUT2D eigenvalue weighted by molar-refractivity contribution is -0.131. The molecule has 0 spiro atoms. The first-order chi connectivity index (χ1) is 23.6. The molecule has 0 aliphatic heterocycles. The quantitative estimate of drug-likeness (QED) is 0.165. The zero-order valence-electron chi connectivity index (χ0n) is 29.9. The smallest absolute Gasteiger partial charge is 0.408 e. The molecule has 4 aromatic rings. The summed E-state index contributed by atoms with van der Waals surface area (Å²) in [5.41, 5.74) is 0.0666. The molecule has 50 heavy (non-hydrogen) atoms. The number of likely N-dealkylation sites (N-methyl/N-ethyl adjacent to an activating group) is 1. The fourth-order valence-corrected chi connectivity index (χ4v) is 5.22. The Morgan fingerprint density at radius 3 is 2.26 bits per heavy atom. The fraction of sp³-hybridized carbons (Fsp3) is 0.395. The van der Waals surface area contributed by atoms with Gasteiger partial charge in [-0.25, -0.2) is 4.79 Å². The third-order valence-electron chi connectivity index (χ3n) is 7.86. The molecule has 4 amide bonds. The summed E-state index contributed by atoms with van der Waals surface area (Å²) in [6.45, 7) is 8.70. The lowest BCUT2D eigenvalue weighted by Gasteiger charge is -2.29. The molecule has 2 atom stereocenters. The van der Waals surface area contributed by atoms with Crippen molar-refractivity contribution < 1.29 is 28.7 Å². The van der Waals surface area contributed by atoms with Crippen LogP contribution in [0.2, 0.25) is 0 Å². The van der Waals surface area contributed by atoms with E-state index in [1.165, 1.54) is 20.0 Å². The van der Waals surface area contributed by atoms with Crippen molar-refractivity contribution in [1.29, 1.82) is 0 Å². The number of fused-ring (bicyclic) bond motifs is 1. The number of ether oxygens (including phenoxy) is 2. The van der Waals surface area contributed by atoms with Crippen LogP contribution in [0.15, 0.2) is 85.2 Å². The second-order valence-electron chi connectivity index (χ2n) is 13.9. The van der Waals surface area contributed by atoms with Crippen molar-refractivity contribution in [1.82, 2.24) is 25.3 Å². The molecular formula is C38H48N6O6. The minimum atomic E-state index is -1.41. The monoisotopic (exact) mass is 684 g/mol. The Hall–Kier alpha value is -5.23. The number of aromatic nitrogens is 2. The van der Waals surface area contributed by atoms with Gasteiger partial charge in [-0.1, -0.05) is 72.8 Å². The highest BCUT2D eigenvalue weighted by Crippen LogP contribution is 2.26. The SMILES string of the molecule is CN(C)C(=O)C(CCn1cc(NC(=O)[C@@H](COCc2ccccc2)NC(=O)C(C)(C)NC(=O)OC(C)(C)C)cn1)c1ccc2ccccc2c1. The van der Waals surface area contributed by atoms with Gasteiger partial charge in [0, 0.05) is 26.8 Å². The minimum absolute atomic E-state index is 0.0147. The van der Waals surface area contributed by atoms with E-state index in [2.05, 4.69) is 27.1 Å². The standard InChI is InChI=1S/C38H48N6O6/c1-37(2,3)50-36(48)42-38(4,5)35(47)41-32(25-49-24-26-13-9-8-10-14-26)33(45)40-30-22-39-44(23-30)20-19-31(34(46)43(6)7)29-18-17-27-15-11-12-16-28(27)21-29/h8-18,21-23,31-32H,19-20,24-25H2,1-7H3,(H,40,45)(H,41,47)(H,42,48)/t31?,32-/m1/s1. The number of nitrogens with one attached hydrogen (secondary N) is 3. The van der Waals surface area contributed by atoms with Gasteiger partial charge in [-0.2, -0.15) is 5.10 Å². The largest absolute Gasteiger partial charge is 0.444 e. The highest BCUT2D eigenvalue weighted by molar-refractivity contribution is 5.99. The minimum Gasteiger partial charge on any atom is -0.444 e. The highest BCUT2D eigenvalue weighted by Gasteiger charge is 2.34. The number of nitrogens with zero attached hydrogens (tertiary/aromatic N) is 3. The number of carbonyl (C=O) groups excluding carboxylic acids is 4. The van der Waals surface area contributed by atoms with Crippen LogP contribution in [0.25, 0.3) is 10.8 Å². The highest BCUT2D eigenvalue weighted by atomic mass is 16.6. The Bertz CT molecular complexity index is 1780. The number of benzene rings is 3. The molecule has 0 aliphatic carbocycles. The summed E-state index contributed by atoms with van der Waals surface area (Å²) in [5, 5.41) is 14.7. The van der Waals surface area contributed by atoms with Crippen molar-refractivity contribution in [2.45, 2.75) is 77.3 Å². The molecule has 4 rings (SSSR count). The fourth-order valence-electron chi connectivity index (χ4n) is 5.22. The second-order valence-corrected chi connectivity index (χ2v) is 13.9. The van der Waals surface area contributed by atoms with Gasteiger partial charge in [0.1, 0.15) is 17.2 Å². The van der Waals surface area contributed by atoms with Crippen molar-refractivity contribution in [3.63, 3.8) is 0 Å². The average molecular weight is 685 g/mol. The Morgan fingerprint density at radius 2 is 1.58 bits per heavy atom. The maximum atomic E-state index is 13.6. The van der Waals surface area contributed by atoms with Crippen molar-refractivity contribution in [3.05, 3.63) is 96.3 Å². The van der Waals surface area contributed by atoms with E-state index in [1.807, 2.05) is 66.7 Å². The number of amides is 4. The molecule has 0 saturated heterocycles. The van der Waals surface area contributed by atoms with Crippen LogP contribution < -0.4 is 16.0 Å². The summed E-state index contributed by atoms with van der Waals surface area (Å²) in [7, 11) is 3.48. The Kier molecular flexibility index (Phi) is 12.4. The number of aryl methyl sites for hydroxylation is 1. The lowest BCUT2D eigenvalue weighted by Crippen LogP contribution is -2.59. The van der Waals surface area contributed by atoms with E-state index < -0.39 is 41.0 Å². The molecule has 0 fully saturated rings. The molecule has 3 aromatic carbocycles. The second kappa shape index (κ2) is 16.4. The first-order valence-electron chi connectivity index (χ1n) is 16.6. The van der Waals surface area contributed by atoms with Gasteiger partial charge < -0.3 is 30.3 Å². The number of alkyl carbamates (subject to hydrolysis) is 1. The molecule has 0 radical (unpaired) electrons. The van der Waals surface area contributed by atoms with E-state index in [4.69, 9.17) is 9.47 Å². The van der Waals surface area contributed by atoms with Gasteiger partial charge in [0.25, 0.3) is 0 Å². The van der Waals surface area contributed by atoms with E-state index in [0.717, 1.165) is 21.9 Å². The first kappa shape index (κ1) is 37.6. The Morgan fingerprint density at radius 1 is 0.900 bits per heavy atom. The van der Waals surface area contributed by atoms with E-state index in [9.17, 15) is 19.2 Å². The number of carbonyl (C=O) groups is 4. The van der Waals surface area contributed by atoms with Gasteiger partial charge in [0.2, 0.25) is 17.7 Å². The van der Waals surface area contributed by atoms with Crippen LogP contribution in [0.1, 0.15) is 58.1 Å². The first-order valence-corrected chi connectivity index (χ1v) is 16.6. The summed E-state index contributed by atoms with van der Waals surface area (Å²) in [4.78, 5) is 54.2. The number of hydrogen-bond donors (Lipinski definition) is 3. The van der Waals surface area contributed by atoms with E-state index >= 15 is 0 Å². The predicted molar refractivity (Wildman–Crippen MR) is 192 cm³/mol. The topological polar surface area (TPSA) is 144 Å². The van der Waals surface area contributed by atoms with Crippen LogP contribution >= 0.6 is 0 Å². The van der Waals surface area contributed by atoms with Crippen LogP contribution in [0.5, 0.6) is 0 Å². The van der Waals surface area contributed by atoms with Crippen molar-refractivity contribution in [2.75, 3.05) is 26.0 Å². The third-order valence-corrected chi connectivity index (χ3v) is 7.86. The number of rotatable bonds is 14. The molecule has 266 valence electrons. The van der Waals surface area contributed by atoms with Crippen LogP contribution in [0.3, 0.4) is 0 Å². The summed E-state index contributed by atoms with van der Waals surface area (Å²) in [6, 6.07) is 22.4. The van der Waals surface area contributed by atoms with Crippen LogP contribution in [-0.2, 0) is 37.0 Å². The molecule has 0 saturated carbocycles. The van der Waals surface area contributed by atoms with Crippen LogP contribution in [0, 0.1) is 0 Å². The zero-order chi connectivity index (χ0) is 36.5. The molecule has 12 nitrogen and oxygen atoms in total. The molecular weight excluding hydrogens is 636 g/mol. The number of hydrogen-bond acceptors (Lipinski definition) is 7. The maximum Gasteiger partial charge on any atom is 0.408 e. The van der Waals surface area contributed by atoms with Crippen LogP contribution in [-0.4, -0.2) is 76.4 Å². The van der Waals surface area contributed by atoms with Gasteiger partial charge in [0.05, 0.1) is 31.0 Å². The number of anilines is 1. The summed E-state index contributed by atoms with van der Waals surface area (Å²) in [6.07, 6.45) is 2.90. The van der Waals surface area contributed by atoms with Crippen molar-refractivity contribution in [3.8, 4) is 0 Å². The molecule has 3 N–H and O–H groups in total. The van der Waals surface area contributed by atoms with Crippen molar-refractivity contribution >= 4 is 40.3 Å².